The maximum Gasteiger partial charge on any atom is 0.259 e. The van der Waals surface area contributed by atoms with Gasteiger partial charge in [-0.1, -0.05) is 47.6 Å². The van der Waals surface area contributed by atoms with Gasteiger partial charge >= 0.3 is 0 Å². The minimum absolute atomic E-state index is 0.0243. The van der Waals surface area contributed by atoms with Crippen molar-refractivity contribution in [1.82, 2.24) is 10.2 Å². The Bertz CT molecular complexity index is 1390. The Morgan fingerprint density at radius 3 is 2.75 bits per heavy atom. The molecule has 1 aromatic heterocycles. The number of thiophene rings is 1. The van der Waals surface area contributed by atoms with E-state index in [2.05, 4.69) is 20.6 Å². The summed E-state index contributed by atoms with van der Waals surface area (Å²) in [6, 6.07) is 17.2. The maximum atomic E-state index is 13.3. The van der Waals surface area contributed by atoms with Crippen LogP contribution in [0.5, 0.6) is 0 Å². The number of benzene rings is 2. The van der Waals surface area contributed by atoms with Gasteiger partial charge in [0.15, 0.2) is 5.17 Å². The molecule has 0 saturated heterocycles. The van der Waals surface area contributed by atoms with E-state index < -0.39 is 6.04 Å². The summed E-state index contributed by atoms with van der Waals surface area (Å²) in [7, 11) is 0. The molecule has 5 rings (SSSR count). The number of rotatable bonds is 7. The van der Waals surface area contributed by atoms with Crippen LogP contribution in [0.1, 0.15) is 16.9 Å². The summed E-state index contributed by atoms with van der Waals surface area (Å²) < 4.78 is 0. The third-order valence-electron chi connectivity index (χ3n) is 5.41. The van der Waals surface area contributed by atoms with E-state index in [9.17, 15) is 14.4 Å². The van der Waals surface area contributed by atoms with Crippen molar-refractivity contribution in [3.63, 3.8) is 0 Å². The quantitative estimate of drug-likeness (QED) is 0.465. The molecule has 1 unspecified atom stereocenters. The zero-order valence-corrected chi connectivity index (χ0v) is 21.2. The number of hydrogen-bond donors (Lipinski definition) is 2. The second-order valence-electron chi connectivity index (χ2n) is 7.96. The summed E-state index contributed by atoms with van der Waals surface area (Å²) >= 11 is 8.67. The second kappa shape index (κ2) is 10.7. The number of amides is 3. The Morgan fingerprint density at radius 2 is 1.94 bits per heavy atom. The van der Waals surface area contributed by atoms with Gasteiger partial charge in [-0.3, -0.25) is 19.4 Å². The molecule has 2 aliphatic rings. The first-order valence-corrected chi connectivity index (χ1v) is 13.3. The number of carbonyl (C=O) groups is 3. The highest BCUT2D eigenvalue weighted by Crippen LogP contribution is 2.34. The predicted molar refractivity (Wildman–Crippen MR) is 144 cm³/mol. The molecule has 0 saturated carbocycles. The number of fused-ring (bicyclic) bond motifs is 3. The SMILES string of the molecule is O=C(CC1N=C2c3ccccc3N=C(SCC(=O)Nc3cccc(Cl)c3)N2C1=O)NCc1cccs1. The molecule has 36 heavy (non-hydrogen) atoms. The van der Waals surface area contributed by atoms with Crippen molar-refractivity contribution < 1.29 is 14.4 Å². The van der Waals surface area contributed by atoms with Crippen LogP contribution in [-0.2, 0) is 20.9 Å². The van der Waals surface area contributed by atoms with E-state index in [-0.39, 0.29) is 29.9 Å². The number of para-hydroxylation sites is 1. The maximum absolute atomic E-state index is 13.3. The normalized spacial score (nSPS) is 16.1. The van der Waals surface area contributed by atoms with Gasteiger partial charge in [0.1, 0.15) is 11.9 Å². The Morgan fingerprint density at radius 1 is 1.08 bits per heavy atom. The Kier molecular flexibility index (Phi) is 7.17. The monoisotopic (exact) mass is 537 g/mol. The van der Waals surface area contributed by atoms with Gasteiger partial charge in [-0.05, 0) is 41.8 Å². The predicted octanol–water partition coefficient (Wildman–Crippen LogP) is 4.44. The smallest absolute Gasteiger partial charge is 0.259 e. The fraction of sp³-hybridized carbons (Fsp3) is 0.160. The number of amidine groups is 2. The number of thioether (sulfide) groups is 1. The van der Waals surface area contributed by atoms with Gasteiger partial charge in [0.2, 0.25) is 11.8 Å². The van der Waals surface area contributed by atoms with Crippen LogP contribution in [0, 0.1) is 0 Å². The van der Waals surface area contributed by atoms with Gasteiger partial charge < -0.3 is 10.6 Å². The molecule has 3 amide bonds. The first kappa shape index (κ1) is 24.2. The Balaban J connectivity index is 1.29. The van der Waals surface area contributed by atoms with Crippen molar-refractivity contribution in [1.29, 1.82) is 0 Å². The molecular weight excluding hydrogens is 518 g/mol. The van der Waals surface area contributed by atoms with Crippen LogP contribution < -0.4 is 10.6 Å². The van der Waals surface area contributed by atoms with Crippen LogP contribution in [-0.4, -0.2) is 45.4 Å². The fourth-order valence-electron chi connectivity index (χ4n) is 3.77. The molecule has 0 aliphatic carbocycles. The van der Waals surface area contributed by atoms with Crippen LogP contribution in [0.2, 0.25) is 5.02 Å². The molecule has 0 spiro atoms. The van der Waals surface area contributed by atoms with E-state index in [1.165, 1.54) is 4.90 Å². The lowest BCUT2D eigenvalue weighted by molar-refractivity contribution is -0.128. The minimum Gasteiger partial charge on any atom is -0.351 e. The molecule has 2 aromatic carbocycles. The number of halogens is 1. The van der Waals surface area contributed by atoms with Gasteiger partial charge in [-0.15, -0.1) is 11.3 Å². The van der Waals surface area contributed by atoms with E-state index in [1.54, 1.807) is 35.6 Å². The van der Waals surface area contributed by atoms with Gasteiger partial charge in [-0.25, -0.2) is 9.89 Å². The Hall–Kier alpha value is -3.47. The van der Waals surface area contributed by atoms with E-state index in [4.69, 9.17) is 11.6 Å². The minimum atomic E-state index is -0.861. The van der Waals surface area contributed by atoms with Crippen molar-refractivity contribution in [2.24, 2.45) is 9.98 Å². The first-order valence-electron chi connectivity index (χ1n) is 11.0. The Labute approximate surface area is 220 Å². The largest absolute Gasteiger partial charge is 0.351 e. The van der Waals surface area contributed by atoms with Crippen molar-refractivity contribution >= 4 is 74.8 Å². The second-order valence-corrected chi connectivity index (χ2v) is 10.4. The van der Waals surface area contributed by atoms with Crippen molar-refractivity contribution in [2.75, 3.05) is 11.1 Å². The molecule has 2 N–H and O–H groups in total. The number of nitrogens with one attached hydrogen (secondary N) is 2. The summed E-state index contributed by atoms with van der Waals surface area (Å²) in [6.45, 7) is 0.408. The zero-order chi connectivity index (χ0) is 25.1. The number of anilines is 1. The third-order valence-corrected chi connectivity index (χ3v) is 7.46. The molecule has 1 atom stereocenters. The number of hydrogen-bond acceptors (Lipinski definition) is 7. The average molecular weight is 538 g/mol. The lowest BCUT2D eigenvalue weighted by Gasteiger charge is -2.25. The van der Waals surface area contributed by atoms with E-state index in [0.29, 0.717) is 39.5 Å². The first-order chi connectivity index (χ1) is 17.5. The van der Waals surface area contributed by atoms with Crippen molar-refractivity contribution in [3.8, 4) is 0 Å². The van der Waals surface area contributed by atoms with Crippen LogP contribution in [0.4, 0.5) is 11.4 Å². The number of nitrogens with zero attached hydrogens (tertiary/aromatic N) is 3. The lowest BCUT2D eigenvalue weighted by atomic mass is 10.1. The standard InChI is InChI=1S/C25H20ClN5O3S2/c26-15-5-3-6-16(11-15)28-22(33)14-36-25-30-19-9-2-1-8-18(19)23-29-20(24(34)31(23)25)12-21(32)27-13-17-7-4-10-35-17/h1-11,20H,12-14H2,(H,27,32)(H,28,33). The highest BCUT2D eigenvalue weighted by molar-refractivity contribution is 8.14. The van der Waals surface area contributed by atoms with Gasteiger partial charge in [0.05, 0.1) is 24.4 Å². The van der Waals surface area contributed by atoms with E-state index >= 15 is 0 Å². The lowest BCUT2D eigenvalue weighted by Crippen LogP contribution is -2.42. The van der Waals surface area contributed by atoms with Crippen LogP contribution >= 0.6 is 34.7 Å². The van der Waals surface area contributed by atoms with Crippen LogP contribution in [0.25, 0.3) is 0 Å². The van der Waals surface area contributed by atoms with Crippen molar-refractivity contribution in [3.05, 3.63) is 81.5 Å². The molecule has 0 fully saturated rings. The molecule has 3 aromatic rings. The molecule has 0 radical (unpaired) electrons. The summed E-state index contributed by atoms with van der Waals surface area (Å²) in [5, 5.41) is 8.44. The summed E-state index contributed by atoms with van der Waals surface area (Å²) in [4.78, 5) is 50.1. The van der Waals surface area contributed by atoms with Crippen LogP contribution in [0.15, 0.2) is 76.0 Å². The fourth-order valence-corrected chi connectivity index (χ4v) is 5.41. The van der Waals surface area contributed by atoms with Crippen LogP contribution in [0.3, 0.4) is 0 Å². The van der Waals surface area contributed by atoms with Gasteiger partial charge in [0.25, 0.3) is 5.91 Å². The molecule has 3 heterocycles. The molecule has 182 valence electrons. The van der Waals surface area contributed by atoms with E-state index in [1.807, 2.05) is 41.8 Å². The summed E-state index contributed by atoms with van der Waals surface area (Å²) in [6.07, 6.45) is -0.0699. The molecule has 2 aliphatic heterocycles. The highest BCUT2D eigenvalue weighted by Gasteiger charge is 2.42. The van der Waals surface area contributed by atoms with Gasteiger partial charge in [0, 0.05) is 21.2 Å². The number of carbonyl (C=O) groups excluding carboxylic acids is 3. The van der Waals surface area contributed by atoms with Crippen molar-refractivity contribution in [2.45, 2.75) is 19.0 Å². The molecule has 8 nitrogen and oxygen atoms in total. The molecular formula is C25H20ClN5O3S2. The summed E-state index contributed by atoms with van der Waals surface area (Å²) in [5.74, 6) is -0.396. The topological polar surface area (TPSA) is 103 Å². The number of aliphatic imine (C=N–C) groups is 2. The average Bonchev–Trinajstić information content (AvgIpc) is 3.50. The van der Waals surface area contributed by atoms with Gasteiger partial charge in [-0.2, -0.15) is 0 Å². The third kappa shape index (κ3) is 5.35. The van der Waals surface area contributed by atoms with E-state index in [0.717, 1.165) is 16.6 Å². The summed E-state index contributed by atoms with van der Waals surface area (Å²) in [5.41, 5.74) is 1.94. The zero-order valence-electron chi connectivity index (χ0n) is 18.8. The molecule has 11 heteroatoms. The highest BCUT2D eigenvalue weighted by atomic mass is 35.5. The molecule has 0 bridgehead atoms.